The molecular formula is C20H24N4O2S. The van der Waals surface area contributed by atoms with Crippen molar-refractivity contribution in [2.45, 2.75) is 38.3 Å². The first kappa shape index (κ1) is 19.2. The third kappa shape index (κ3) is 4.42. The van der Waals surface area contributed by atoms with E-state index in [2.05, 4.69) is 22.3 Å². The fraction of sp³-hybridized carbons (Fsp3) is 0.350. The van der Waals surface area contributed by atoms with Crippen LogP contribution in [0.4, 0.5) is 0 Å². The monoisotopic (exact) mass is 384 g/mol. The fourth-order valence-electron chi connectivity index (χ4n) is 2.69. The molecule has 0 aliphatic carbocycles. The number of thioether (sulfide) groups is 1. The van der Waals surface area contributed by atoms with Gasteiger partial charge in [-0.2, -0.15) is 5.10 Å². The number of nitrogens with one attached hydrogen (secondary N) is 1. The van der Waals surface area contributed by atoms with E-state index in [-0.39, 0.29) is 11.9 Å². The highest BCUT2D eigenvalue weighted by atomic mass is 32.2. The van der Waals surface area contributed by atoms with Crippen molar-refractivity contribution in [3.63, 3.8) is 0 Å². The Morgan fingerprint density at radius 1 is 1.33 bits per heavy atom. The first-order valence-corrected chi connectivity index (χ1v) is 9.92. The predicted molar refractivity (Wildman–Crippen MR) is 108 cm³/mol. The van der Waals surface area contributed by atoms with Gasteiger partial charge in [0.25, 0.3) is 0 Å². The van der Waals surface area contributed by atoms with Gasteiger partial charge in [-0.15, -0.1) is 0 Å². The molecule has 1 atom stereocenters. The number of aryl methyl sites for hydroxylation is 1. The lowest BCUT2D eigenvalue weighted by Crippen LogP contribution is -2.33. The molecule has 0 fully saturated rings. The molecule has 6 nitrogen and oxygen atoms in total. The summed E-state index contributed by atoms with van der Waals surface area (Å²) in [5, 5.41) is 8.39. The summed E-state index contributed by atoms with van der Waals surface area (Å²) in [6.07, 6.45) is 2.73. The largest absolute Gasteiger partial charge is 0.497 e. The average Bonchev–Trinajstić information content (AvgIpc) is 3.09. The molecule has 0 spiro atoms. The molecule has 1 unspecified atom stereocenters. The van der Waals surface area contributed by atoms with E-state index in [9.17, 15) is 4.79 Å². The van der Waals surface area contributed by atoms with Crippen LogP contribution in [0.3, 0.4) is 0 Å². The molecule has 0 radical (unpaired) electrons. The van der Waals surface area contributed by atoms with E-state index in [1.54, 1.807) is 11.6 Å². The Bertz CT molecular complexity index is 937. The van der Waals surface area contributed by atoms with Crippen molar-refractivity contribution in [2.75, 3.05) is 12.9 Å². The van der Waals surface area contributed by atoms with Crippen LogP contribution >= 0.6 is 11.8 Å². The molecule has 27 heavy (non-hydrogen) atoms. The standard InChI is InChI=1S/C20H24N4O2S/c1-5-13(2)22-18(25)12-27-19-10-14(3)23-20-17(11-21-24(19)20)15-6-8-16(26-4)9-7-15/h6-11,13H,5,12H2,1-4H3,(H,22,25). The molecule has 1 amide bonds. The molecule has 2 heterocycles. The van der Waals surface area contributed by atoms with Gasteiger partial charge in [0.15, 0.2) is 5.65 Å². The predicted octanol–water partition coefficient (Wildman–Crippen LogP) is 3.72. The van der Waals surface area contributed by atoms with E-state index in [1.807, 2.05) is 50.4 Å². The van der Waals surface area contributed by atoms with Gasteiger partial charge in [0.2, 0.25) is 5.91 Å². The van der Waals surface area contributed by atoms with Crippen molar-refractivity contribution in [3.8, 4) is 16.9 Å². The molecule has 1 N–H and O–H groups in total. The third-order valence-electron chi connectivity index (χ3n) is 4.34. The van der Waals surface area contributed by atoms with Gasteiger partial charge >= 0.3 is 0 Å². The second-order valence-electron chi connectivity index (χ2n) is 6.42. The summed E-state index contributed by atoms with van der Waals surface area (Å²) >= 11 is 1.47. The number of carbonyl (C=O) groups excluding carboxylic acids is 1. The van der Waals surface area contributed by atoms with Crippen LogP contribution in [-0.2, 0) is 4.79 Å². The lowest BCUT2D eigenvalue weighted by molar-refractivity contribution is -0.119. The molecule has 1 aromatic carbocycles. The third-order valence-corrected chi connectivity index (χ3v) is 5.33. The number of aromatic nitrogens is 3. The summed E-state index contributed by atoms with van der Waals surface area (Å²) in [4.78, 5) is 16.8. The van der Waals surface area contributed by atoms with E-state index in [0.717, 1.165) is 39.7 Å². The van der Waals surface area contributed by atoms with Crippen molar-refractivity contribution >= 4 is 23.3 Å². The van der Waals surface area contributed by atoms with Crippen molar-refractivity contribution < 1.29 is 9.53 Å². The van der Waals surface area contributed by atoms with Crippen LogP contribution in [-0.4, -0.2) is 39.4 Å². The normalized spacial score (nSPS) is 12.1. The highest BCUT2D eigenvalue weighted by molar-refractivity contribution is 7.99. The zero-order chi connectivity index (χ0) is 19.4. The maximum Gasteiger partial charge on any atom is 0.230 e. The van der Waals surface area contributed by atoms with Crippen LogP contribution in [0.2, 0.25) is 0 Å². The quantitative estimate of drug-likeness (QED) is 0.497. The van der Waals surface area contributed by atoms with E-state index in [4.69, 9.17) is 4.74 Å². The molecule has 0 bridgehead atoms. The first-order chi connectivity index (χ1) is 13.0. The Labute approximate surface area is 163 Å². The van der Waals surface area contributed by atoms with E-state index in [1.165, 1.54) is 11.8 Å². The molecule has 7 heteroatoms. The van der Waals surface area contributed by atoms with Crippen molar-refractivity contribution in [1.29, 1.82) is 0 Å². The fourth-order valence-corrected chi connectivity index (χ4v) is 3.56. The van der Waals surface area contributed by atoms with Gasteiger partial charge < -0.3 is 10.1 Å². The number of rotatable bonds is 7. The Morgan fingerprint density at radius 3 is 2.74 bits per heavy atom. The van der Waals surface area contributed by atoms with Gasteiger partial charge in [0.1, 0.15) is 10.8 Å². The lowest BCUT2D eigenvalue weighted by Gasteiger charge is -2.11. The van der Waals surface area contributed by atoms with E-state index in [0.29, 0.717) is 5.75 Å². The van der Waals surface area contributed by atoms with Crippen LogP contribution in [0.15, 0.2) is 41.6 Å². The number of hydrogen-bond acceptors (Lipinski definition) is 5. The molecular weight excluding hydrogens is 360 g/mol. The van der Waals surface area contributed by atoms with Crippen molar-refractivity contribution in [3.05, 3.63) is 42.2 Å². The van der Waals surface area contributed by atoms with Crippen LogP contribution in [0.5, 0.6) is 5.75 Å². The molecule has 3 aromatic rings. The smallest absolute Gasteiger partial charge is 0.230 e. The van der Waals surface area contributed by atoms with Crippen molar-refractivity contribution in [1.82, 2.24) is 19.9 Å². The second kappa shape index (κ2) is 8.43. The summed E-state index contributed by atoms with van der Waals surface area (Å²) in [6.45, 7) is 6.01. The van der Waals surface area contributed by atoms with E-state index < -0.39 is 0 Å². The van der Waals surface area contributed by atoms with Gasteiger partial charge in [-0.05, 0) is 44.0 Å². The van der Waals surface area contributed by atoms with Crippen molar-refractivity contribution in [2.24, 2.45) is 0 Å². The molecule has 0 aliphatic heterocycles. The van der Waals surface area contributed by atoms with E-state index >= 15 is 0 Å². The number of fused-ring (bicyclic) bond motifs is 1. The summed E-state index contributed by atoms with van der Waals surface area (Å²) in [6, 6.07) is 9.97. The van der Waals surface area contributed by atoms with Crippen LogP contribution in [0, 0.1) is 6.92 Å². The summed E-state index contributed by atoms with van der Waals surface area (Å²) in [5.41, 5.74) is 3.65. The zero-order valence-corrected chi connectivity index (χ0v) is 16.8. The number of methoxy groups -OCH3 is 1. The summed E-state index contributed by atoms with van der Waals surface area (Å²) in [5.74, 6) is 1.18. The molecule has 3 rings (SSSR count). The molecule has 0 saturated carbocycles. The van der Waals surface area contributed by atoms with Gasteiger partial charge in [-0.1, -0.05) is 30.8 Å². The lowest BCUT2D eigenvalue weighted by atomic mass is 10.1. The molecule has 2 aromatic heterocycles. The minimum absolute atomic E-state index is 0.0273. The van der Waals surface area contributed by atoms with Gasteiger partial charge in [-0.3, -0.25) is 4.79 Å². The Hall–Kier alpha value is -2.54. The van der Waals surface area contributed by atoms with Crippen LogP contribution in [0.1, 0.15) is 26.0 Å². The maximum atomic E-state index is 12.1. The van der Waals surface area contributed by atoms with Gasteiger partial charge in [-0.25, -0.2) is 9.50 Å². The topological polar surface area (TPSA) is 68.5 Å². The molecule has 0 saturated heterocycles. The Kier molecular flexibility index (Phi) is 6.01. The average molecular weight is 385 g/mol. The Morgan fingerprint density at radius 2 is 2.07 bits per heavy atom. The van der Waals surface area contributed by atoms with Crippen LogP contribution in [0.25, 0.3) is 16.8 Å². The summed E-state index contributed by atoms with van der Waals surface area (Å²) < 4.78 is 7.02. The highest BCUT2D eigenvalue weighted by Gasteiger charge is 2.14. The van der Waals surface area contributed by atoms with Gasteiger partial charge in [0.05, 0.1) is 19.1 Å². The number of hydrogen-bond donors (Lipinski definition) is 1. The number of ether oxygens (including phenoxy) is 1. The molecule has 0 aliphatic rings. The van der Waals surface area contributed by atoms with Gasteiger partial charge in [0, 0.05) is 17.3 Å². The number of nitrogens with zero attached hydrogens (tertiary/aromatic N) is 3. The minimum Gasteiger partial charge on any atom is -0.497 e. The summed E-state index contributed by atoms with van der Waals surface area (Å²) in [7, 11) is 1.65. The van der Waals surface area contributed by atoms with Crippen LogP contribution < -0.4 is 10.1 Å². The Balaban J connectivity index is 1.87. The first-order valence-electron chi connectivity index (χ1n) is 8.93. The SMILES string of the molecule is CCC(C)NC(=O)CSc1cc(C)nc2c(-c3ccc(OC)cc3)cnn12. The number of benzene rings is 1. The maximum absolute atomic E-state index is 12.1. The minimum atomic E-state index is 0.0273. The zero-order valence-electron chi connectivity index (χ0n) is 16.0. The number of amides is 1. The second-order valence-corrected chi connectivity index (χ2v) is 7.42. The molecule has 142 valence electrons. The highest BCUT2D eigenvalue weighted by Crippen LogP contribution is 2.28. The number of carbonyl (C=O) groups is 1.